The van der Waals surface area contributed by atoms with Crippen molar-refractivity contribution in [3.05, 3.63) is 24.3 Å². The van der Waals surface area contributed by atoms with Crippen LogP contribution in [0.25, 0.3) is 11.0 Å². The number of nitrogens with zero attached hydrogens (tertiary/aromatic N) is 1. The Kier molecular flexibility index (Phi) is 3.17. The molecule has 0 fully saturated rings. The number of para-hydroxylation sites is 2. The third kappa shape index (κ3) is 2.97. The molecule has 1 aromatic carbocycles. The molecule has 1 aromatic heterocycles. The fraction of sp³-hybridized carbons (Fsp3) is 0.222. The van der Waals surface area contributed by atoms with Crippen LogP contribution in [-0.2, 0) is 10.1 Å². The minimum absolute atomic E-state index is 0.269. The number of aromatic amines is 1. The molecule has 0 unspecified atom stereocenters. The summed E-state index contributed by atoms with van der Waals surface area (Å²) in [6.45, 7) is 0. The molecule has 5 nitrogen and oxygen atoms in total. The molecule has 1 heterocycles. The van der Waals surface area contributed by atoms with Gasteiger partial charge in [-0.05, 0) is 12.1 Å². The number of fused-ring (bicyclic) bond motifs is 1. The second-order valence-electron chi connectivity index (χ2n) is 3.19. The van der Waals surface area contributed by atoms with Gasteiger partial charge in [-0.3, -0.25) is 4.55 Å². The number of rotatable bonds is 4. The van der Waals surface area contributed by atoms with Crippen LogP contribution >= 0.6 is 11.8 Å². The van der Waals surface area contributed by atoms with Crippen molar-refractivity contribution in [1.29, 1.82) is 0 Å². The van der Waals surface area contributed by atoms with Gasteiger partial charge >= 0.3 is 0 Å². The molecule has 0 atom stereocenters. The smallest absolute Gasteiger partial charge is 0.265 e. The predicted molar refractivity (Wildman–Crippen MR) is 63.2 cm³/mol. The second kappa shape index (κ2) is 4.44. The van der Waals surface area contributed by atoms with E-state index in [2.05, 4.69) is 9.97 Å². The van der Waals surface area contributed by atoms with E-state index in [1.165, 1.54) is 11.8 Å². The van der Waals surface area contributed by atoms with Crippen LogP contribution < -0.4 is 0 Å². The van der Waals surface area contributed by atoms with E-state index in [-0.39, 0.29) is 11.5 Å². The van der Waals surface area contributed by atoms with Gasteiger partial charge in [-0.1, -0.05) is 23.9 Å². The molecule has 0 saturated heterocycles. The summed E-state index contributed by atoms with van der Waals surface area (Å²) in [5.74, 6) is 0.00731. The summed E-state index contributed by atoms with van der Waals surface area (Å²) in [4.78, 5) is 7.32. The lowest BCUT2D eigenvalue weighted by Crippen LogP contribution is -2.05. The third-order valence-corrected chi connectivity index (χ3v) is 3.80. The molecule has 0 bridgehead atoms. The lowest BCUT2D eigenvalue weighted by Gasteiger charge is -1.94. The first-order valence-electron chi connectivity index (χ1n) is 4.57. The van der Waals surface area contributed by atoms with Crippen molar-refractivity contribution in [2.45, 2.75) is 5.16 Å². The summed E-state index contributed by atoms with van der Waals surface area (Å²) in [5.41, 5.74) is 1.76. The van der Waals surface area contributed by atoms with E-state index in [0.29, 0.717) is 5.16 Å². The monoisotopic (exact) mass is 258 g/mol. The van der Waals surface area contributed by atoms with Crippen molar-refractivity contribution < 1.29 is 13.0 Å². The first-order chi connectivity index (χ1) is 7.54. The number of nitrogens with one attached hydrogen (secondary N) is 1. The summed E-state index contributed by atoms with van der Waals surface area (Å²) < 4.78 is 29.6. The van der Waals surface area contributed by atoms with Crippen molar-refractivity contribution >= 4 is 32.9 Å². The van der Waals surface area contributed by atoms with Gasteiger partial charge in [-0.2, -0.15) is 8.42 Å². The highest BCUT2D eigenvalue weighted by atomic mass is 32.2. The maximum absolute atomic E-state index is 10.5. The van der Waals surface area contributed by atoms with E-state index >= 15 is 0 Å². The van der Waals surface area contributed by atoms with Crippen LogP contribution in [0.3, 0.4) is 0 Å². The molecule has 2 aromatic rings. The van der Waals surface area contributed by atoms with Gasteiger partial charge in [-0.15, -0.1) is 0 Å². The fourth-order valence-electron chi connectivity index (χ4n) is 1.24. The summed E-state index contributed by atoms with van der Waals surface area (Å²) in [6.07, 6.45) is 0. The molecular formula is C9H10N2O3S2. The molecule has 0 spiro atoms. The average molecular weight is 258 g/mol. The molecule has 0 amide bonds. The van der Waals surface area contributed by atoms with Crippen molar-refractivity contribution in [2.24, 2.45) is 0 Å². The molecule has 0 saturated carbocycles. The Morgan fingerprint density at radius 2 is 2.12 bits per heavy atom. The van der Waals surface area contributed by atoms with Crippen molar-refractivity contribution in [3.8, 4) is 0 Å². The number of H-pyrrole nitrogens is 1. The summed E-state index contributed by atoms with van der Waals surface area (Å²) in [5, 5.41) is 0.657. The number of hydrogen-bond acceptors (Lipinski definition) is 4. The number of benzene rings is 1. The second-order valence-corrected chi connectivity index (χ2v) is 5.85. The fourth-order valence-corrected chi connectivity index (χ4v) is 2.96. The zero-order valence-electron chi connectivity index (χ0n) is 8.25. The first kappa shape index (κ1) is 11.4. The molecular weight excluding hydrogens is 248 g/mol. The van der Waals surface area contributed by atoms with Gasteiger partial charge in [0.15, 0.2) is 5.16 Å². The molecule has 16 heavy (non-hydrogen) atoms. The minimum atomic E-state index is -3.89. The summed E-state index contributed by atoms with van der Waals surface area (Å²) in [7, 11) is -3.89. The quantitative estimate of drug-likeness (QED) is 0.642. The maximum atomic E-state index is 10.5. The van der Waals surface area contributed by atoms with E-state index in [4.69, 9.17) is 4.55 Å². The Labute approximate surface area is 97.0 Å². The van der Waals surface area contributed by atoms with Crippen LogP contribution in [0.2, 0.25) is 0 Å². The molecule has 7 heteroatoms. The van der Waals surface area contributed by atoms with Gasteiger partial charge in [0.1, 0.15) is 0 Å². The topological polar surface area (TPSA) is 83.1 Å². The lowest BCUT2D eigenvalue weighted by atomic mass is 10.3. The lowest BCUT2D eigenvalue weighted by molar-refractivity contribution is 0.485. The maximum Gasteiger partial charge on any atom is 0.265 e. The molecule has 0 radical (unpaired) electrons. The number of imidazole rings is 1. The number of thioether (sulfide) groups is 1. The van der Waals surface area contributed by atoms with Gasteiger partial charge in [0, 0.05) is 5.75 Å². The Hall–Kier alpha value is -1.05. The first-order valence-corrected chi connectivity index (χ1v) is 7.17. The van der Waals surface area contributed by atoms with Gasteiger partial charge in [-0.25, -0.2) is 4.98 Å². The zero-order valence-corrected chi connectivity index (χ0v) is 9.88. The van der Waals surface area contributed by atoms with E-state index in [1.54, 1.807) is 0 Å². The third-order valence-electron chi connectivity index (χ3n) is 1.95. The number of hydrogen-bond donors (Lipinski definition) is 2. The Morgan fingerprint density at radius 1 is 1.38 bits per heavy atom. The van der Waals surface area contributed by atoms with Crippen molar-refractivity contribution in [1.82, 2.24) is 9.97 Å². The van der Waals surface area contributed by atoms with Gasteiger partial charge in [0.2, 0.25) is 0 Å². The average Bonchev–Trinajstić information content (AvgIpc) is 2.57. The highest BCUT2D eigenvalue weighted by Gasteiger charge is 2.07. The minimum Gasteiger partial charge on any atom is -0.333 e. The summed E-state index contributed by atoms with van der Waals surface area (Å²) >= 11 is 1.27. The van der Waals surface area contributed by atoms with Crippen LogP contribution in [0, 0.1) is 0 Å². The van der Waals surface area contributed by atoms with E-state index in [9.17, 15) is 8.42 Å². The van der Waals surface area contributed by atoms with Crippen LogP contribution in [-0.4, -0.2) is 34.4 Å². The van der Waals surface area contributed by atoms with Gasteiger partial charge in [0.25, 0.3) is 10.1 Å². The SMILES string of the molecule is O=S(=O)(O)CCSc1nc2ccccc2[nH]1. The van der Waals surface area contributed by atoms with Crippen molar-refractivity contribution in [3.63, 3.8) is 0 Å². The van der Waals surface area contributed by atoms with Crippen LogP contribution in [0.1, 0.15) is 0 Å². The number of aromatic nitrogens is 2. The molecule has 0 aliphatic rings. The summed E-state index contributed by atoms with van der Waals surface area (Å²) in [6, 6.07) is 7.55. The standard InChI is InChI=1S/C9H10N2O3S2/c12-16(13,14)6-5-15-9-10-7-3-1-2-4-8(7)11-9/h1-4H,5-6H2,(H,10,11)(H,12,13,14). The molecule has 2 N–H and O–H groups in total. The molecule has 0 aliphatic carbocycles. The Bertz CT molecular complexity index is 559. The normalized spacial score (nSPS) is 12.1. The molecule has 86 valence electrons. The van der Waals surface area contributed by atoms with Gasteiger partial charge in [0.05, 0.1) is 16.8 Å². The van der Waals surface area contributed by atoms with Crippen molar-refractivity contribution in [2.75, 3.05) is 11.5 Å². The van der Waals surface area contributed by atoms with Crippen LogP contribution in [0.15, 0.2) is 29.4 Å². The van der Waals surface area contributed by atoms with Crippen LogP contribution in [0.5, 0.6) is 0 Å². The highest BCUT2D eigenvalue weighted by molar-refractivity contribution is 8.00. The van der Waals surface area contributed by atoms with Crippen LogP contribution in [0.4, 0.5) is 0 Å². The molecule has 0 aliphatic heterocycles. The largest absolute Gasteiger partial charge is 0.333 e. The highest BCUT2D eigenvalue weighted by Crippen LogP contribution is 2.18. The van der Waals surface area contributed by atoms with E-state index in [0.717, 1.165) is 11.0 Å². The Balaban J connectivity index is 2.05. The molecule has 2 rings (SSSR count). The van der Waals surface area contributed by atoms with E-state index in [1.807, 2.05) is 24.3 Å². The Morgan fingerprint density at radius 3 is 2.81 bits per heavy atom. The van der Waals surface area contributed by atoms with E-state index < -0.39 is 10.1 Å². The van der Waals surface area contributed by atoms with Gasteiger partial charge < -0.3 is 4.98 Å². The predicted octanol–water partition coefficient (Wildman–Crippen LogP) is 1.54. The zero-order chi connectivity index (χ0) is 11.6.